The Hall–Kier alpha value is -3.16. The van der Waals surface area contributed by atoms with Crippen molar-refractivity contribution >= 4 is 34.8 Å². The molecule has 0 fully saturated rings. The van der Waals surface area contributed by atoms with E-state index < -0.39 is 5.82 Å². The number of nitrogens with one attached hydrogen (secondary N) is 1. The summed E-state index contributed by atoms with van der Waals surface area (Å²) in [6, 6.07) is 11.8. The van der Waals surface area contributed by atoms with Gasteiger partial charge in [0.05, 0.1) is 41.4 Å². The van der Waals surface area contributed by atoms with Crippen molar-refractivity contribution in [2.45, 2.75) is 26.9 Å². The van der Waals surface area contributed by atoms with E-state index in [2.05, 4.69) is 15.5 Å². The number of benzene rings is 2. The first kappa shape index (κ1) is 22.0. The molecule has 0 saturated carbocycles. The van der Waals surface area contributed by atoms with Crippen molar-refractivity contribution in [2.24, 2.45) is 0 Å². The van der Waals surface area contributed by atoms with Gasteiger partial charge in [-0.2, -0.15) is 10.2 Å². The van der Waals surface area contributed by atoms with Gasteiger partial charge in [-0.05, 0) is 43.7 Å². The largest absolute Gasteiger partial charge is 0.319 e. The molecule has 2 heterocycles. The van der Waals surface area contributed by atoms with Crippen LogP contribution in [0.25, 0.3) is 0 Å². The number of halogens is 3. The van der Waals surface area contributed by atoms with Gasteiger partial charge in [-0.25, -0.2) is 4.39 Å². The Kier molecular flexibility index (Phi) is 6.30. The smallest absolute Gasteiger partial charge is 0.255 e. The second kappa shape index (κ2) is 9.14. The fourth-order valence-corrected chi connectivity index (χ4v) is 3.73. The third-order valence-electron chi connectivity index (χ3n) is 5.09. The highest BCUT2D eigenvalue weighted by molar-refractivity contribution is 6.32. The maximum Gasteiger partial charge on any atom is 0.255 e. The van der Waals surface area contributed by atoms with Crippen molar-refractivity contribution in [1.29, 1.82) is 0 Å². The summed E-state index contributed by atoms with van der Waals surface area (Å²) in [5.74, 6) is -0.680. The summed E-state index contributed by atoms with van der Waals surface area (Å²) in [5.41, 5.74) is 3.91. The van der Waals surface area contributed by atoms with Crippen LogP contribution < -0.4 is 5.32 Å². The number of carbonyl (C=O) groups excluding carboxylic acids is 1. The highest BCUT2D eigenvalue weighted by Crippen LogP contribution is 2.22. The van der Waals surface area contributed by atoms with E-state index in [1.165, 1.54) is 16.9 Å². The monoisotopic (exact) mass is 471 g/mol. The molecule has 0 unspecified atom stereocenters. The number of anilines is 1. The molecule has 9 heteroatoms. The average molecular weight is 472 g/mol. The molecule has 4 rings (SSSR count). The van der Waals surface area contributed by atoms with Crippen LogP contribution in [0.2, 0.25) is 10.0 Å². The Morgan fingerprint density at radius 2 is 1.91 bits per heavy atom. The molecule has 164 valence electrons. The van der Waals surface area contributed by atoms with E-state index in [-0.39, 0.29) is 12.5 Å². The van der Waals surface area contributed by atoms with Crippen LogP contribution in [0.3, 0.4) is 0 Å². The average Bonchev–Trinajstić information content (AvgIpc) is 3.30. The van der Waals surface area contributed by atoms with Crippen LogP contribution in [0.1, 0.15) is 32.9 Å². The minimum atomic E-state index is -0.403. The van der Waals surface area contributed by atoms with Crippen molar-refractivity contribution < 1.29 is 9.18 Å². The van der Waals surface area contributed by atoms with Crippen LogP contribution in [-0.4, -0.2) is 25.5 Å². The van der Waals surface area contributed by atoms with Crippen LogP contribution in [0.5, 0.6) is 0 Å². The lowest BCUT2D eigenvalue weighted by Crippen LogP contribution is -2.12. The Bertz CT molecular complexity index is 1280. The van der Waals surface area contributed by atoms with E-state index in [0.717, 1.165) is 17.0 Å². The van der Waals surface area contributed by atoms with Gasteiger partial charge in [-0.3, -0.25) is 14.2 Å². The highest BCUT2D eigenvalue weighted by Gasteiger charge is 2.13. The van der Waals surface area contributed by atoms with E-state index >= 15 is 0 Å². The molecule has 0 bridgehead atoms. The van der Waals surface area contributed by atoms with Crippen LogP contribution in [0.15, 0.2) is 54.9 Å². The quantitative estimate of drug-likeness (QED) is 0.404. The summed E-state index contributed by atoms with van der Waals surface area (Å²) in [6.07, 6.45) is 3.14. The summed E-state index contributed by atoms with van der Waals surface area (Å²) < 4.78 is 17.3. The molecule has 0 aliphatic heterocycles. The van der Waals surface area contributed by atoms with Gasteiger partial charge >= 0.3 is 0 Å². The molecule has 4 aromatic rings. The molecule has 32 heavy (non-hydrogen) atoms. The first-order valence-corrected chi connectivity index (χ1v) is 10.6. The van der Waals surface area contributed by atoms with Crippen LogP contribution in [0.4, 0.5) is 10.1 Å². The Balaban J connectivity index is 1.45. The lowest BCUT2D eigenvalue weighted by atomic mass is 10.1. The minimum absolute atomic E-state index is 0.155. The highest BCUT2D eigenvalue weighted by atomic mass is 35.5. The van der Waals surface area contributed by atoms with Gasteiger partial charge < -0.3 is 5.32 Å². The molecule has 0 radical (unpaired) electrons. The van der Waals surface area contributed by atoms with E-state index in [4.69, 9.17) is 23.2 Å². The van der Waals surface area contributed by atoms with Crippen molar-refractivity contribution in [3.05, 3.63) is 98.8 Å². The molecule has 0 atom stereocenters. The van der Waals surface area contributed by atoms with Gasteiger partial charge in [0.1, 0.15) is 5.82 Å². The standard InChI is InChI=1S/C23H20Cl2FN5O/c1-14-22(25)15(2)31(29-14)11-16-5-3-6-17(9-16)23(32)28-18-10-27-30(12-18)13-19-20(24)7-4-8-21(19)26/h3-10,12H,11,13H2,1-2H3,(H,28,32). The van der Waals surface area contributed by atoms with Gasteiger partial charge in [0.2, 0.25) is 0 Å². The number of amides is 1. The van der Waals surface area contributed by atoms with E-state index in [9.17, 15) is 9.18 Å². The van der Waals surface area contributed by atoms with Gasteiger partial charge in [-0.15, -0.1) is 0 Å². The van der Waals surface area contributed by atoms with Crippen molar-refractivity contribution in [1.82, 2.24) is 19.6 Å². The third-order valence-corrected chi connectivity index (χ3v) is 5.99. The third kappa shape index (κ3) is 4.69. The Labute approximate surface area is 194 Å². The zero-order valence-electron chi connectivity index (χ0n) is 17.4. The normalized spacial score (nSPS) is 11.0. The Morgan fingerprint density at radius 1 is 1.12 bits per heavy atom. The first-order chi connectivity index (χ1) is 15.3. The van der Waals surface area contributed by atoms with Crippen LogP contribution in [-0.2, 0) is 13.1 Å². The molecule has 2 aromatic carbocycles. The summed E-state index contributed by atoms with van der Waals surface area (Å²) >= 11 is 12.3. The Morgan fingerprint density at radius 3 is 2.62 bits per heavy atom. The van der Waals surface area contributed by atoms with Gasteiger partial charge in [0, 0.05) is 22.3 Å². The number of hydrogen-bond acceptors (Lipinski definition) is 3. The fraction of sp³-hybridized carbons (Fsp3) is 0.174. The molecule has 6 nitrogen and oxygen atoms in total. The zero-order valence-corrected chi connectivity index (χ0v) is 19.0. The second-order valence-corrected chi connectivity index (χ2v) is 8.21. The molecule has 0 aliphatic rings. The predicted molar refractivity (Wildman–Crippen MR) is 123 cm³/mol. The summed E-state index contributed by atoms with van der Waals surface area (Å²) in [6.45, 7) is 4.42. The first-order valence-electron chi connectivity index (χ1n) is 9.87. The summed E-state index contributed by atoms with van der Waals surface area (Å²) in [7, 11) is 0. The lowest BCUT2D eigenvalue weighted by Gasteiger charge is -2.08. The van der Waals surface area contributed by atoms with Crippen LogP contribution >= 0.6 is 23.2 Å². The number of aromatic nitrogens is 4. The number of rotatable bonds is 6. The SMILES string of the molecule is Cc1nn(Cc2cccc(C(=O)Nc3cnn(Cc4c(F)cccc4Cl)c3)c2)c(C)c1Cl. The molecular formula is C23H20Cl2FN5O. The molecule has 0 saturated heterocycles. The van der Waals surface area contributed by atoms with Crippen molar-refractivity contribution in [3.63, 3.8) is 0 Å². The number of aryl methyl sites for hydroxylation is 1. The summed E-state index contributed by atoms with van der Waals surface area (Å²) in [5, 5.41) is 12.4. The topological polar surface area (TPSA) is 64.7 Å². The van der Waals surface area contributed by atoms with E-state index in [1.807, 2.05) is 36.7 Å². The maximum atomic E-state index is 14.0. The fourth-order valence-electron chi connectivity index (χ4n) is 3.38. The molecule has 0 spiro atoms. The van der Waals surface area contributed by atoms with Crippen LogP contribution in [0, 0.1) is 19.7 Å². The van der Waals surface area contributed by atoms with Gasteiger partial charge in [0.15, 0.2) is 0 Å². The lowest BCUT2D eigenvalue weighted by molar-refractivity contribution is 0.102. The van der Waals surface area contributed by atoms with Gasteiger partial charge in [-0.1, -0.05) is 41.4 Å². The summed E-state index contributed by atoms with van der Waals surface area (Å²) in [4.78, 5) is 12.7. The van der Waals surface area contributed by atoms with Crippen molar-refractivity contribution in [3.8, 4) is 0 Å². The molecular weight excluding hydrogens is 452 g/mol. The number of nitrogens with zero attached hydrogens (tertiary/aromatic N) is 4. The molecule has 1 amide bonds. The molecule has 0 aliphatic carbocycles. The molecule has 2 aromatic heterocycles. The predicted octanol–water partition coefficient (Wildman–Crippen LogP) is 5.49. The molecule has 1 N–H and O–H groups in total. The second-order valence-electron chi connectivity index (χ2n) is 7.42. The zero-order chi connectivity index (χ0) is 22.8. The minimum Gasteiger partial charge on any atom is -0.319 e. The number of hydrogen-bond donors (Lipinski definition) is 1. The van der Waals surface area contributed by atoms with Gasteiger partial charge in [0.25, 0.3) is 5.91 Å². The van der Waals surface area contributed by atoms with Crippen molar-refractivity contribution in [2.75, 3.05) is 5.32 Å². The van der Waals surface area contributed by atoms with E-state index in [0.29, 0.717) is 33.4 Å². The number of carbonyl (C=O) groups is 1. The van der Waals surface area contributed by atoms with E-state index in [1.54, 1.807) is 24.4 Å². The maximum absolute atomic E-state index is 14.0.